The molecule has 0 aliphatic rings. The van der Waals surface area contributed by atoms with Gasteiger partial charge in [0.25, 0.3) is 0 Å². The van der Waals surface area contributed by atoms with Crippen LogP contribution in [0.3, 0.4) is 0 Å². The third kappa shape index (κ3) is 5.66. The zero-order valence-corrected chi connectivity index (χ0v) is 18.2. The van der Waals surface area contributed by atoms with Crippen molar-refractivity contribution in [3.05, 3.63) is 89.0 Å². The Kier molecular flexibility index (Phi) is 7.33. The molecule has 0 saturated carbocycles. The first-order chi connectivity index (χ1) is 15.0. The highest BCUT2D eigenvalue weighted by Crippen LogP contribution is 2.30. The minimum atomic E-state index is -0.139. The van der Waals surface area contributed by atoms with Crippen molar-refractivity contribution in [3.63, 3.8) is 0 Å². The third-order valence-corrected chi connectivity index (χ3v) is 4.80. The molecule has 0 aliphatic heterocycles. The van der Waals surface area contributed by atoms with Crippen LogP contribution < -0.4 is 18.9 Å². The molecule has 160 valence electrons. The summed E-state index contributed by atoms with van der Waals surface area (Å²) >= 11 is 0. The van der Waals surface area contributed by atoms with Gasteiger partial charge in [-0.3, -0.25) is 4.79 Å². The van der Waals surface area contributed by atoms with Crippen LogP contribution in [0.15, 0.2) is 66.7 Å². The second-order valence-electron chi connectivity index (χ2n) is 6.95. The average Bonchev–Trinajstić information content (AvgIpc) is 2.81. The van der Waals surface area contributed by atoms with Gasteiger partial charge in [-0.1, -0.05) is 42.0 Å². The standard InChI is InChI=1S/C26H26O5/c1-18-5-7-20(8-6-18)17-31-24-13-10-19(15-25(24)29-3)9-12-22(27)21-11-14-23(28-2)26(16-21)30-4/h5-16H,17H2,1-4H3/b12-9+. The molecule has 0 amide bonds. The van der Waals surface area contributed by atoms with Crippen molar-refractivity contribution >= 4 is 11.9 Å². The van der Waals surface area contributed by atoms with Gasteiger partial charge < -0.3 is 18.9 Å². The molecule has 0 heterocycles. The van der Waals surface area contributed by atoms with Crippen LogP contribution in [0.2, 0.25) is 0 Å². The first-order valence-corrected chi connectivity index (χ1v) is 9.85. The van der Waals surface area contributed by atoms with E-state index < -0.39 is 0 Å². The number of rotatable bonds is 9. The molecule has 0 N–H and O–H groups in total. The van der Waals surface area contributed by atoms with Crippen molar-refractivity contribution in [1.29, 1.82) is 0 Å². The number of benzene rings is 3. The smallest absolute Gasteiger partial charge is 0.185 e. The highest BCUT2D eigenvalue weighted by molar-refractivity contribution is 6.07. The van der Waals surface area contributed by atoms with Crippen LogP contribution in [0.25, 0.3) is 6.08 Å². The van der Waals surface area contributed by atoms with Crippen molar-refractivity contribution in [2.45, 2.75) is 13.5 Å². The van der Waals surface area contributed by atoms with Crippen LogP contribution in [-0.2, 0) is 6.61 Å². The Morgan fingerprint density at radius 3 is 2.10 bits per heavy atom. The lowest BCUT2D eigenvalue weighted by Crippen LogP contribution is -1.98. The lowest BCUT2D eigenvalue weighted by molar-refractivity contribution is 0.104. The predicted octanol–water partition coefficient (Wildman–Crippen LogP) is 5.50. The Morgan fingerprint density at radius 1 is 0.774 bits per heavy atom. The molecule has 5 heteroatoms. The summed E-state index contributed by atoms with van der Waals surface area (Å²) in [4.78, 5) is 12.6. The van der Waals surface area contributed by atoms with E-state index in [-0.39, 0.29) is 5.78 Å². The fourth-order valence-electron chi connectivity index (χ4n) is 3.01. The summed E-state index contributed by atoms with van der Waals surface area (Å²) in [5.74, 6) is 2.20. The van der Waals surface area contributed by atoms with E-state index in [0.717, 1.165) is 11.1 Å². The van der Waals surface area contributed by atoms with Crippen molar-refractivity contribution in [1.82, 2.24) is 0 Å². The summed E-state index contributed by atoms with van der Waals surface area (Å²) in [5.41, 5.74) is 3.63. The first kappa shape index (κ1) is 22.0. The highest BCUT2D eigenvalue weighted by atomic mass is 16.5. The van der Waals surface area contributed by atoms with Crippen LogP contribution in [0, 0.1) is 6.92 Å². The first-order valence-electron chi connectivity index (χ1n) is 9.85. The molecule has 0 spiro atoms. The molecule has 0 unspecified atom stereocenters. The molecule has 0 fully saturated rings. The van der Waals surface area contributed by atoms with E-state index >= 15 is 0 Å². The Morgan fingerprint density at radius 2 is 1.42 bits per heavy atom. The number of allylic oxidation sites excluding steroid dienone is 1. The minimum Gasteiger partial charge on any atom is -0.493 e. The Balaban J connectivity index is 1.70. The number of ketones is 1. The molecule has 3 aromatic carbocycles. The summed E-state index contributed by atoms with van der Waals surface area (Å²) in [6, 6.07) is 18.8. The van der Waals surface area contributed by atoms with E-state index in [2.05, 4.69) is 19.1 Å². The van der Waals surface area contributed by atoms with Gasteiger partial charge in [-0.05, 0) is 54.5 Å². The molecule has 31 heavy (non-hydrogen) atoms. The summed E-state index contributed by atoms with van der Waals surface area (Å²) in [6.45, 7) is 2.50. The molecule has 0 bridgehead atoms. The summed E-state index contributed by atoms with van der Waals surface area (Å²) in [6.07, 6.45) is 3.26. The SMILES string of the molecule is COc1ccc(C(=O)/C=C/c2ccc(OCc3ccc(C)cc3)c(OC)c2)cc1OC. The van der Waals surface area contributed by atoms with Gasteiger partial charge >= 0.3 is 0 Å². The largest absolute Gasteiger partial charge is 0.493 e. The zero-order valence-electron chi connectivity index (χ0n) is 18.2. The summed E-state index contributed by atoms with van der Waals surface area (Å²) in [7, 11) is 4.69. The second-order valence-corrected chi connectivity index (χ2v) is 6.95. The number of aryl methyl sites for hydroxylation is 1. The van der Waals surface area contributed by atoms with Crippen molar-refractivity contribution in [3.8, 4) is 23.0 Å². The number of hydrogen-bond donors (Lipinski definition) is 0. The highest BCUT2D eigenvalue weighted by Gasteiger charge is 2.09. The molecule has 3 aromatic rings. The minimum absolute atomic E-state index is 0.139. The number of hydrogen-bond acceptors (Lipinski definition) is 5. The number of methoxy groups -OCH3 is 3. The van der Waals surface area contributed by atoms with Gasteiger partial charge in [-0.2, -0.15) is 0 Å². The Hall–Kier alpha value is -3.73. The van der Waals surface area contributed by atoms with Gasteiger partial charge in [0.1, 0.15) is 6.61 Å². The van der Waals surface area contributed by atoms with E-state index in [1.165, 1.54) is 18.7 Å². The van der Waals surface area contributed by atoms with Crippen LogP contribution in [0.5, 0.6) is 23.0 Å². The monoisotopic (exact) mass is 418 g/mol. The van der Waals surface area contributed by atoms with E-state index in [0.29, 0.717) is 35.2 Å². The number of carbonyl (C=O) groups excluding carboxylic acids is 1. The van der Waals surface area contributed by atoms with Gasteiger partial charge in [0.05, 0.1) is 21.3 Å². The average molecular weight is 418 g/mol. The van der Waals surface area contributed by atoms with Gasteiger partial charge in [0.2, 0.25) is 0 Å². The molecule has 0 radical (unpaired) electrons. The van der Waals surface area contributed by atoms with E-state index in [9.17, 15) is 4.79 Å². The maximum Gasteiger partial charge on any atom is 0.185 e. The van der Waals surface area contributed by atoms with Crippen molar-refractivity contribution in [2.75, 3.05) is 21.3 Å². The molecule has 0 aromatic heterocycles. The number of carbonyl (C=O) groups is 1. The normalized spacial score (nSPS) is 10.7. The van der Waals surface area contributed by atoms with Crippen molar-refractivity contribution < 1.29 is 23.7 Å². The summed E-state index contributed by atoms with van der Waals surface area (Å²) in [5, 5.41) is 0. The molecular formula is C26H26O5. The van der Waals surface area contributed by atoms with Gasteiger partial charge in [-0.15, -0.1) is 0 Å². The van der Waals surface area contributed by atoms with E-state index in [1.54, 1.807) is 38.5 Å². The molecule has 0 aliphatic carbocycles. The second kappa shape index (κ2) is 10.3. The zero-order chi connectivity index (χ0) is 22.2. The third-order valence-electron chi connectivity index (χ3n) is 4.80. The van der Waals surface area contributed by atoms with Crippen LogP contribution in [0.1, 0.15) is 27.0 Å². The lowest BCUT2D eigenvalue weighted by atomic mass is 10.1. The van der Waals surface area contributed by atoms with Crippen molar-refractivity contribution in [2.24, 2.45) is 0 Å². The predicted molar refractivity (Wildman–Crippen MR) is 121 cm³/mol. The molecule has 5 nitrogen and oxygen atoms in total. The topological polar surface area (TPSA) is 54.0 Å². The lowest BCUT2D eigenvalue weighted by Gasteiger charge is -2.11. The maximum absolute atomic E-state index is 12.6. The number of ether oxygens (including phenoxy) is 4. The molecule has 0 atom stereocenters. The van der Waals surface area contributed by atoms with Crippen LogP contribution in [-0.4, -0.2) is 27.1 Å². The Labute approximate surface area is 182 Å². The van der Waals surface area contributed by atoms with E-state index in [1.807, 2.05) is 30.3 Å². The molecule has 0 saturated heterocycles. The van der Waals surface area contributed by atoms with Crippen LogP contribution in [0.4, 0.5) is 0 Å². The summed E-state index contributed by atoms with van der Waals surface area (Å²) < 4.78 is 21.8. The van der Waals surface area contributed by atoms with Gasteiger partial charge in [0.15, 0.2) is 28.8 Å². The fraction of sp³-hybridized carbons (Fsp3) is 0.192. The van der Waals surface area contributed by atoms with E-state index in [4.69, 9.17) is 18.9 Å². The maximum atomic E-state index is 12.6. The van der Waals surface area contributed by atoms with Gasteiger partial charge in [-0.25, -0.2) is 0 Å². The quantitative estimate of drug-likeness (QED) is 0.339. The Bertz CT molecular complexity index is 1070. The fourth-order valence-corrected chi connectivity index (χ4v) is 3.01. The molecular weight excluding hydrogens is 392 g/mol. The van der Waals surface area contributed by atoms with Gasteiger partial charge in [0, 0.05) is 5.56 Å². The molecule has 3 rings (SSSR count). The van der Waals surface area contributed by atoms with Crippen LogP contribution >= 0.6 is 0 Å².